The molecule has 0 radical (unpaired) electrons. The second kappa shape index (κ2) is 7.93. The minimum atomic E-state index is -0.320. The van der Waals surface area contributed by atoms with Crippen molar-refractivity contribution in [3.63, 3.8) is 0 Å². The number of carbonyl (C=O) groups excluding carboxylic acids is 1. The predicted molar refractivity (Wildman–Crippen MR) is 111 cm³/mol. The van der Waals surface area contributed by atoms with Crippen LogP contribution in [0.15, 0.2) is 73.1 Å². The lowest BCUT2D eigenvalue weighted by molar-refractivity contribution is 0.102. The average molecular weight is 385 g/mol. The number of rotatable bonds is 5. The highest BCUT2D eigenvalue weighted by Gasteiger charge is 2.16. The molecular formula is C22H19N5O2. The smallest absolute Gasteiger partial charge is 0.274 e. The number of amides is 1. The molecule has 0 saturated carbocycles. The lowest BCUT2D eigenvalue weighted by Crippen LogP contribution is -2.14. The number of pyridine rings is 2. The van der Waals surface area contributed by atoms with Crippen LogP contribution in [0.3, 0.4) is 0 Å². The van der Waals surface area contributed by atoms with Crippen LogP contribution >= 0.6 is 0 Å². The van der Waals surface area contributed by atoms with Gasteiger partial charge in [-0.05, 0) is 36.4 Å². The first-order valence-corrected chi connectivity index (χ1v) is 9.02. The van der Waals surface area contributed by atoms with Gasteiger partial charge in [0.05, 0.1) is 24.2 Å². The van der Waals surface area contributed by atoms with Crippen molar-refractivity contribution in [1.29, 1.82) is 0 Å². The van der Waals surface area contributed by atoms with E-state index in [1.807, 2.05) is 48.5 Å². The van der Waals surface area contributed by atoms with Crippen molar-refractivity contribution in [2.45, 2.75) is 0 Å². The fourth-order valence-corrected chi connectivity index (χ4v) is 2.96. The summed E-state index contributed by atoms with van der Waals surface area (Å²) in [6.07, 6.45) is 3.43. The van der Waals surface area contributed by atoms with Crippen molar-refractivity contribution >= 4 is 11.6 Å². The molecule has 1 N–H and O–H groups in total. The van der Waals surface area contributed by atoms with E-state index >= 15 is 0 Å². The summed E-state index contributed by atoms with van der Waals surface area (Å²) < 4.78 is 6.91. The van der Waals surface area contributed by atoms with Gasteiger partial charge < -0.3 is 10.1 Å². The van der Waals surface area contributed by atoms with Crippen molar-refractivity contribution in [2.75, 3.05) is 12.4 Å². The Balaban J connectivity index is 1.62. The Bertz CT molecular complexity index is 1150. The lowest BCUT2D eigenvalue weighted by Gasteiger charge is -2.07. The third-order valence-corrected chi connectivity index (χ3v) is 4.33. The number of anilines is 1. The van der Waals surface area contributed by atoms with E-state index in [9.17, 15) is 4.79 Å². The van der Waals surface area contributed by atoms with Gasteiger partial charge in [0, 0.05) is 25.0 Å². The van der Waals surface area contributed by atoms with Crippen LogP contribution in [0.5, 0.6) is 5.75 Å². The molecule has 0 fully saturated rings. The number of methoxy groups -OCH3 is 1. The number of nitrogens with one attached hydrogen (secondary N) is 1. The number of carbonyl (C=O) groups is 1. The SMILES string of the molecule is COc1cccc(-c2cccc(C(=O)Nc3cn(C)nc3-c3ccccn3)n2)c1. The van der Waals surface area contributed by atoms with Gasteiger partial charge in [-0.15, -0.1) is 0 Å². The third-order valence-electron chi connectivity index (χ3n) is 4.33. The summed E-state index contributed by atoms with van der Waals surface area (Å²) >= 11 is 0. The van der Waals surface area contributed by atoms with Crippen LogP contribution in [0.4, 0.5) is 5.69 Å². The molecule has 0 unspecified atom stereocenters. The molecule has 0 atom stereocenters. The Kier molecular flexibility index (Phi) is 5.03. The van der Waals surface area contributed by atoms with Crippen molar-refractivity contribution in [3.8, 4) is 28.4 Å². The fraction of sp³-hybridized carbons (Fsp3) is 0.0909. The van der Waals surface area contributed by atoms with Crippen LogP contribution in [-0.2, 0) is 7.05 Å². The molecule has 7 nitrogen and oxygen atoms in total. The second-order valence-electron chi connectivity index (χ2n) is 6.37. The molecular weight excluding hydrogens is 366 g/mol. The first-order chi connectivity index (χ1) is 14.1. The highest BCUT2D eigenvalue weighted by Crippen LogP contribution is 2.25. The molecule has 0 aliphatic rings. The van der Waals surface area contributed by atoms with E-state index in [1.165, 1.54) is 0 Å². The molecule has 0 aliphatic heterocycles. The van der Waals surface area contributed by atoms with Gasteiger partial charge in [-0.25, -0.2) is 4.98 Å². The van der Waals surface area contributed by atoms with Crippen LogP contribution in [0.25, 0.3) is 22.6 Å². The summed E-state index contributed by atoms with van der Waals surface area (Å²) in [5.74, 6) is 0.412. The molecule has 29 heavy (non-hydrogen) atoms. The number of aromatic nitrogens is 4. The third kappa shape index (κ3) is 3.98. The van der Waals surface area contributed by atoms with E-state index < -0.39 is 0 Å². The summed E-state index contributed by atoms with van der Waals surface area (Å²) in [6, 6.07) is 18.4. The van der Waals surface area contributed by atoms with Gasteiger partial charge in [-0.2, -0.15) is 5.10 Å². The maximum absolute atomic E-state index is 12.9. The number of ether oxygens (including phenoxy) is 1. The van der Waals surface area contributed by atoms with Gasteiger partial charge in [0.25, 0.3) is 5.91 Å². The monoisotopic (exact) mass is 385 g/mol. The number of benzene rings is 1. The number of nitrogens with zero attached hydrogens (tertiary/aromatic N) is 4. The zero-order valence-corrected chi connectivity index (χ0v) is 16.0. The van der Waals surface area contributed by atoms with Gasteiger partial charge in [0.15, 0.2) is 0 Å². The molecule has 144 valence electrons. The molecule has 3 aromatic heterocycles. The quantitative estimate of drug-likeness (QED) is 0.565. The maximum Gasteiger partial charge on any atom is 0.274 e. The predicted octanol–water partition coefficient (Wildman–Crippen LogP) is 3.81. The highest BCUT2D eigenvalue weighted by molar-refractivity contribution is 6.04. The number of hydrogen-bond acceptors (Lipinski definition) is 5. The standard InChI is InChI=1S/C22H19N5O2/c1-27-14-20(21(26-27)18-9-3-4-12-23-18)25-22(28)19-11-6-10-17(24-19)15-7-5-8-16(13-15)29-2/h3-14H,1-2H3,(H,25,28). The van der Waals surface area contributed by atoms with Gasteiger partial charge in [0.2, 0.25) is 0 Å². The van der Waals surface area contributed by atoms with Gasteiger partial charge in [-0.1, -0.05) is 24.3 Å². The molecule has 1 amide bonds. The fourth-order valence-electron chi connectivity index (χ4n) is 2.96. The Morgan fingerprint density at radius 1 is 1.03 bits per heavy atom. The highest BCUT2D eigenvalue weighted by atomic mass is 16.5. The molecule has 7 heteroatoms. The van der Waals surface area contributed by atoms with Gasteiger partial charge >= 0.3 is 0 Å². The van der Waals surface area contributed by atoms with Crippen molar-refractivity contribution in [1.82, 2.24) is 19.7 Å². The summed E-state index contributed by atoms with van der Waals surface area (Å²) in [5.41, 5.74) is 3.72. The van der Waals surface area contributed by atoms with E-state index in [4.69, 9.17) is 4.74 Å². The molecule has 1 aromatic carbocycles. The summed E-state index contributed by atoms with van der Waals surface area (Å²) in [4.78, 5) is 21.7. The van der Waals surface area contributed by atoms with Crippen LogP contribution in [0.2, 0.25) is 0 Å². The van der Waals surface area contributed by atoms with Crippen LogP contribution in [0, 0.1) is 0 Å². The number of hydrogen-bond donors (Lipinski definition) is 1. The summed E-state index contributed by atoms with van der Waals surface area (Å²) in [6.45, 7) is 0. The first kappa shape index (κ1) is 18.4. The first-order valence-electron chi connectivity index (χ1n) is 9.02. The Morgan fingerprint density at radius 2 is 1.86 bits per heavy atom. The Labute approximate surface area is 168 Å². The van der Waals surface area contributed by atoms with E-state index in [0.29, 0.717) is 28.5 Å². The van der Waals surface area contributed by atoms with Crippen molar-refractivity contribution < 1.29 is 9.53 Å². The topological polar surface area (TPSA) is 81.9 Å². The van der Waals surface area contributed by atoms with Crippen LogP contribution in [-0.4, -0.2) is 32.8 Å². The molecule has 4 aromatic rings. The molecule has 0 aliphatic carbocycles. The normalized spacial score (nSPS) is 10.6. The van der Waals surface area contributed by atoms with Crippen LogP contribution in [0.1, 0.15) is 10.5 Å². The van der Waals surface area contributed by atoms with E-state index in [0.717, 1.165) is 11.3 Å². The largest absolute Gasteiger partial charge is 0.497 e. The summed E-state index contributed by atoms with van der Waals surface area (Å²) in [7, 11) is 3.41. The molecule has 0 bridgehead atoms. The second-order valence-corrected chi connectivity index (χ2v) is 6.37. The Hall–Kier alpha value is -4.00. The molecule has 0 saturated heterocycles. The molecule has 0 spiro atoms. The zero-order valence-electron chi connectivity index (χ0n) is 16.0. The molecule has 3 heterocycles. The van der Waals surface area contributed by atoms with Crippen molar-refractivity contribution in [3.05, 3.63) is 78.8 Å². The van der Waals surface area contributed by atoms with E-state index in [2.05, 4.69) is 20.4 Å². The zero-order chi connectivity index (χ0) is 20.2. The van der Waals surface area contributed by atoms with Crippen molar-refractivity contribution in [2.24, 2.45) is 7.05 Å². The maximum atomic E-state index is 12.9. The van der Waals surface area contributed by atoms with E-state index in [-0.39, 0.29) is 5.91 Å². The van der Waals surface area contributed by atoms with E-state index in [1.54, 1.807) is 43.4 Å². The Morgan fingerprint density at radius 3 is 2.66 bits per heavy atom. The van der Waals surface area contributed by atoms with Gasteiger partial charge in [-0.3, -0.25) is 14.5 Å². The van der Waals surface area contributed by atoms with Gasteiger partial charge in [0.1, 0.15) is 17.1 Å². The lowest BCUT2D eigenvalue weighted by atomic mass is 10.1. The van der Waals surface area contributed by atoms with Crippen LogP contribution < -0.4 is 10.1 Å². The average Bonchev–Trinajstić information content (AvgIpc) is 3.14. The molecule has 4 rings (SSSR count). The minimum absolute atomic E-state index is 0.307. The summed E-state index contributed by atoms with van der Waals surface area (Å²) in [5, 5.41) is 7.31. The number of aryl methyl sites for hydroxylation is 1. The minimum Gasteiger partial charge on any atom is -0.497 e.